The van der Waals surface area contributed by atoms with Gasteiger partial charge in [0.2, 0.25) is 5.82 Å². The van der Waals surface area contributed by atoms with Crippen LogP contribution in [-0.4, -0.2) is 44.7 Å². The van der Waals surface area contributed by atoms with Crippen LogP contribution in [0.15, 0.2) is 24.3 Å². The Morgan fingerprint density at radius 1 is 1.42 bits per heavy atom. The first-order valence-electron chi connectivity index (χ1n) is 8.27. The van der Waals surface area contributed by atoms with Crippen molar-refractivity contribution in [2.24, 2.45) is 11.7 Å². The lowest BCUT2D eigenvalue weighted by Gasteiger charge is -2.19. The van der Waals surface area contributed by atoms with Crippen molar-refractivity contribution in [2.75, 3.05) is 13.1 Å². The number of likely N-dealkylation sites (tertiary alicyclic amines) is 1. The van der Waals surface area contributed by atoms with Crippen LogP contribution in [0, 0.1) is 11.7 Å². The topological polar surface area (TPSA) is 77.0 Å². The highest BCUT2D eigenvalue weighted by Crippen LogP contribution is 2.24. The fourth-order valence-corrected chi connectivity index (χ4v) is 3.20. The lowest BCUT2D eigenvalue weighted by Crippen LogP contribution is -2.35. The number of benzene rings is 1. The second kappa shape index (κ2) is 6.68. The molecule has 3 rings (SSSR count). The number of aromatic nitrogens is 3. The molecule has 0 radical (unpaired) electrons. The third-order valence-corrected chi connectivity index (χ3v) is 4.52. The molecule has 128 valence electrons. The predicted octanol–water partition coefficient (Wildman–Crippen LogP) is 1.78. The Morgan fingerprint density at radius 3 is 2.79 bits per heavy atom. The summed E-state index contributed by atoms with van der Waals surface area (Å²) >= 11 is 0. The highest BCUT2D eigenvalue weighted by atomic mass is 19.1. The van der Waals surface area contributed by atoms with Crippen molar-refractivity contribution < 1.29 is 9.18 Å². The van der Waals surface area contributed by atoms with Crippen molar-refractivity contribution in [1.29, 1.82) is 0 Å². The molecule has 1 aliphatic heterocycles. The van der Waals surface area contributed by atoms with E-state index in [4.69, 9.17) is 5.73 Å². The minimum atomic E-state index is -0.395. The Balaban J connectivity index is 1.93. The van der Waals surface area contributed by atoms with Crippen LogP contribution < -0.4 is 5.73 Å². The summed E-state index contributed by atoms with van der Waals surface area (Å²) in [5.74, 6) is 0.366. The summed E-state index contributed by atoms with van der Waals surface area (Å²) in [6.07, 6.45) is 1.44. The Labute approximate surface area is 140 Å². The van der Waals surface area contributed by atoms with E-state index >= 15 is 0 Å². The summed E-state index contributed by atoms with van der Waals surface area (Å²) in [6, 6.07) is 6.45. The first kappa shape index (κ1) is 16.6. The molecule has 1 aromatic heterocycles. The van der Waals surface area contributed by atoms with Crippen molar-refractivity contribution in [1.82, 2.24) is 19.7 Å². The third kappa shape index (κ3) is 2.91. The van der Waals surface area contributed by atoms with Crippen LogP contribution in [0.1, 0.15) is 36.7 Å². The molecule has 1 fully saturated rings. The molecule has 2 heterocycles. The molecule has 24 heavy (non-hydrogen) atoms. The van der Waals surface area contributed by atoms with Crippen molar-refractivity contribution in [3.05, 3.63) is 41.7 Å². The lowest BCUT2D eigenvalue weighted by molar-refractivity contribution is 0.0731. The van der Waals surface area contributed by atoms with Gasteiger partial charge in [0.1, 0.15) is 17.3 Å². The summed E-state index contributed by atoms with van der Waals surface area (Å²) in [5.41, 5.74) is 6.03. The molecule has 7 heteroatoms. The van der Waals surface area contributed by atoms with Crippen LogP contribution in [0.2, 0.25) is 0 Å². The average Bonchev–Trinajstić information content (AvgIpc) is 3.18. The van der Waals surface area contributed by atoms with Gasteiger partial charge >= 0.3 is 0 Å². The number of nitrogens with two attached hydrogens (primary N) is 1. The van der Waals surface area contributed by atoms with E-state index in [2.05, 4.69) is 10.1 Å². The Morgan fingerprint density at radius 2 is 2.17 bits per heavy atom. The first-order valence-corrected chi connectivity index (χ1v) is 8.27. The molecule has 1 amide bonds. The maximum atomic E-state index is 14.1. The summed E-state index contributed by atoms with van der Waals surface area (Å²) in [7, 11) is 0. The number of carbonyl (C=O) groups excluding carboxylic acids is 1. The van der Waals surface area contributed by atoms with Gasteiger partial charge in [0.15, 0.2) is 0 Å². The summed E-state index contributed by atoms with van der Waals surface area (Å²) < 4.78 is 15.5. The predicted molar refractivity (Wildman–Crippen MR) is 88.4 cm³/mol. The zero-order valence-corrected chi connectivity index (χ0v) is 13.9. The van der Waals surface area contributed by atoms with E-state index in [1.807, 2.05) is 13.8 Å². The minimum Gasteiger partial charge on any atom is -0.333 e. The highest BCUT2D eigenvalue weighted by Gasteiger charge is 2.34. The van der Waals surface area contributed by atoms with E-state index in [0.717, 1.165) is 6.42 Å². The van der Waals surface area contributed by atoms with Gasteiger partial charge in [-0.2, -0.15) is 0 Å². The van der Waals surface area contributed by atoms with Crippen LogP contribution in [0.3, 0.4) is 0 Å². The first-order chi connectivity index (χ1) is 11.5. The summed E-state index contributed by atoms with van der Waals surface area (Å²) in [4.78, 5) is 18.9. The molecule has 1 aliphatic rings. The van der Waals surface area contributed by atoms with Crippen molar-refractivity contribution >= 4 is 5.91 Å². The fraction of sp³-hybridized carbons (Fsp3) is 0.471. The van der Waals surface area contributed by atoms with E-state index in [0.29, 0.717) is 36.9 Å². The van der Waals surface area contributed by atoms with E-state index in [-0.39, 0.29) is 17.8 Å². The van der Waals surface area contributed by atoms with Gasteiger partial charge in [-0.3, -0.25) is 4.79 Å². The molecule has 2 atom stereocenters. The van der Waals surface area contributed by atoms with E-state index in [1.165, 1.54) is 10.7 Å². The molecule has 1 saturated heterocycles. The third-order valence-electron chi connectivity index (χ3n) is 4.52. The number of aryl methyl sites for hydroxylation is 1. The smallest absolute Gasteiger partial charge is 0.293 e. The van der Waals surface area contributed by atoms with Crippen molar-refractivity contribution in [3.63, 3.8) is 0 Å². The summed E-state index contributed by atoms with van der Waals surface area (Å²) in [6.45, 7) is 5.08. The number of halogens is 1. The highest BCUT2D eigenvalue weighted by molar-refractivity contribution is 5.91. The molecule has 6 nitrogen and oxygen atoms in total. The lowest BCUT2D eigenvalue weighted by atomic mass is 10.1. The SMILES string of the molecule is CCc1nc(C(=O)N2CC(CN)CC2C)nn1-c1ccccc1F. The quantitative estimate of drug-likeness (QED) is 0.926. The normalized spacial score (nSPS) is 20.6. The maximum Gasteiger partial charge on any atom is 0.293 e. The van der Waals surface area contributed by atoms with Crippen molar-refractivity contribution in [2.45, 2.75) is 32.7 Å². The number of carbonyl (C=O) groups is 1. The molecule has 0 saturated carbocycles. The standard InChI is InChI=1S/C17H22FN5O/c1-3-15-20-16(17(24)22-10-12(9-19)8-11(22)2)21-23(15)14-7-5-4-6-13(14)18/h4-7,11-12H,3,8-10,19H2,1-2H3. The second-order valence-corrected chi connectivity index (χ2v) is 6.21. The Hall–Kier alpha value is -2.28. The second-order valence-electron chi connectivity index (χ2n) is 6.21. The molecule has 0 spiro atoms. The zero-order valence-electron chi connectivity index (χ0n) is 13.9. The van der Waals surface area contributed by atoms with Gasteiger partial charge in [0.25, 0.3) is 5.91 Å². The molecular formula is C17H22FN5O. The van der Waals surface area contributed by atoms with E-state index in [1.54, 1.807) is 23.1 Å². The van der Waals surface area contributed by atoms with Gasteiger partial charge in [-0.1, -0.05) is 19.1 Å². The van der Waals surface area contributed by atoms with Crippen LogP contribution in [0.4, 0.5) is 4.39 Å². The zero-order chi connectivity index (χ0) is 17.3. The van der Waals surface area contributed by atoms with Crippen LogP contribution in [-0.2, 0) is 6.42 Å². The van der Waals surface area contributed by atoms with Gasteiger partial charge in [-0.05, 0) is 37.9 Å². The Kier molecular flexibility index (Phi) is 4.62. The number of amides is 1. The molecule has 2 N–H and O–H groups in total. The van der Waals surface area contributed by atoms with Gasteiger partial charge < -0.3 is 10.6 Å². The summed E-state index contributed by atoms with van der Waals surface area (Å²) in [5, 5.41) is 4.29. The van der Waals surface area contributed by atoms with Gasteiger partial charge in [-0.25, -0.2) is 14.1 Å². The molecule has 0 aliphatic carbocycles. The molecule has 2 aromatic rings. The molecule has 0 bridgehead atoms. The number of hydrogen-bond acceptors (Lipinski definition) is 4. The average molecular weight is 331 g/mol. The molecule has 1 aromatic carbocycles. The van der Waals surface area contributed by atoms with Crippen LogP contribution in [0.25, 0.3) is 5.69 Å². The van der Waals surface area contributed by atoms with Crippen LogP contribution in [0.5, 0.6) is 0 Å². The van der Waals surface area contributed by atoms with E-state index in [9.17, 15) is 9.18 Å². The van der Waals surface area contributed by atoms with Crippen molar-refractivity contribution in [3.8, 4) is 5.69 Å². The molecule has 2 unspecified atom stereocenters. The maximum absolute atomic E-state index is 14.1. The number of rotatable bonds is 4. The van der Waals surface area contributed by atoms with E-state index < -0.39 is 5.82 Å². The van der Waals surface area contributed by atoms with Crippen LogP contribution >= 0.6 is 0 Å². The Bertz CT molecular complexity index is 744. The number of hydrogen-bond donors (Lipinski definition) is 1. The minimum absolute atomic E-state index is 0.108. The van der Waals surface area contributed by atoms with Gasteiger partial charge in [-0.15, -0.1) is 5.10 Å². The number of para-hydroxylation sites is 1. The largest absolute Gasteiger partial charge is 0.333 e. The fourth-order valence-electron chi connectivity index (χ4n) is 3.20. The van der Waals surface area contributed by atoms with Gasteiger partial charge in [0.05, 0.1) is 0 Å². The number of nitrogens with zero attached hydrogens (tertiary/aromatic N) is 4. The monoisotopic (exact) mass is 331 g/mol. The van der Waals surface area contributed by atoms with Gasteiger partial charge in [0, 0.05) is 19.0 Å². The molecular weight excluding hydrogens is 309 g/mol.